The van der Waals surface area contributed by atoms with E-state index in [0.717, 1.165) is 6.07 Å². The highest BCUT2D eigenvalue weighted by Crippen LogP contribution is 2.20. The number of anilines is 1. The third-order valence-corrected chi connectivity index (χ3v) is 2.25. The maximum Gasteiger partial charge on any atom is 0.272 e. The number of nitrogens with zero attached hydrogens (tertiary/aromatic N) is 4. The van der Waals surface area contributed by atoms with Crippen molar-refractivity contribution in [1.82, 2.24) is 14.8 Å². The van der Waals surface area contributed by atoms with Crippen LogP contribution in [0.15, 0.2) is 24.5 Å². The summed E-state index contributed by atoms with van der Waals surface area (Å²) in [4.78, 5) is 13.8. The number of non-ortho nitro benzene ring substituents is 1. The van der Waals surface area contributed by atoms with Crippen LogP contribution in [0.3, 0.4) is 0 Å². The van der Waals surface area contributed by atoms with Gasteiger partial charge in [0.2, 0.25) is 0 Å². The summed E-state index contributed by atoms with van der Waals surface area (Å²) in [5, 5.41) is 17.2. The zero-order valence-electron chi connectivity index (χ0n) is 9.50. The molecule has 2 aromatic rings. The van der Waals surface area contributed by atoms with Crippen LogP contribution >= 0.6 is 0 Å². The first-order valence-electron chi connectivity index (χ1n) is 5.08. The number of nitro groups is 1. The third-order valence-electron chi connectivity index (χ3n) is 2.25. The van der Waals surface area contributed by atoms with Gasteiger partial charge in [0.15, 0.2) is 11.6 Å². The molecule has 1 aromatic heterocycles. The maximum absolute atomic E-state index is 13.5. The summed E-state index contributed by atoms with van der Waals surface area (Å²) < 4.78 is 15.0. The van der Waals surface area contributed by atoms with Gasteiger partial charge in [-0.25, -0.2) is 9.37 Å². The molecule has 1 heterocycles. The van der Waals surface area contributed by atoms with Crippen LogP contribution in [-0.2, 0) is 13.6 Å². The van der Waals surface area contributed by atoms with Crippen LogP contribution < -0.4 is 5.32 Å². The molecule has 0 radical (unpaired) electrons. The molecule has 0 aliphatic carbocycles. The second kappa shape index (κ2) is 4.78. The van der Waals surface area contributed by atoms with E-state index in [1.807, 2.05) is 0 Å². The summed E-state index contributed by atoms with van der Waals surface area (Å²) in [6, 6.07) is 3.42. The van der Waals surface area contributed by atoms with Crippen LogP contribution in [0.5, 0.6) is 0 Å². The number of nitro benzene ring substituents is 1. The zero-order chi connectivity index (χ0) is 13.1. The Labute approximate surface area is 101 Å². The number of hydrogen-bond donors (Lipinski definition) is 1. The quantitative estimate of drug-likeness (QED) is 0.657. The first-order chi connectivity index (χ1) is 8.56. The van der Waals surface area contributed by atoms with Gasteiger partial charge in [-0.1, -0.05) is 0 Å². The number of rotatable bonds is 4. The summed E-state index contributed by atoms with van der Waals surface area (Å²) in [5.74, 6) is -0.171. The van der Waals surface area contributed by atoms with E-state index in [-0.39, 0.29) is 17.9 Å². The van der Waals surface area contributed by atoms with E-state index in [9.17, 15) is 14.5 Å². The van der Waals surface area contributed by atoms with Crippen molar-refractivity contribution in [2.24, 2.45) is 7.05 Å². The monoisotopic (exact) mass is 251 g/mol. The fourth-order valence-corrected chi connectivity index (χ4v) is 1.40. The molecule has 0 atom stereocenters. The highest BCUT2D eigenvalue weighted by atomic mass is 19.1. The Morgan fingerprint density at radius 3 is 2.89 bits per heavy atom. The normalized spacial score (nSPS) is 10.3. The summed E-state index contributed by atoms with van der Waals surface area (Å²) in [6.45, 7) is 0.246. The number of aryl methyl sites for hydroxylation is 1. The molecule has 1 N–H and O–H groups in total. The Hall–Kier alpha value is -2.51. The Morgan fingerprint density at radius 1 is 1.56 bits per heavy atom. The average molecular weight is 251 g/mol. The Bertz CT molecular complexity index is 583. The van der Waals surface area contributed by atoms with Gasteiger partial charge in [0, 0.05) is 13.1 Å². The molecule has 0 spiro atoms. The topological polar surface area (TPSA) is 85.9 Å². The van der Waals surface area contributed by atoms with Crippen molar-refractivity contribution in [3.8, 4) is 0 Å². The lowest BCUT2D eigenvalue weighted by Gasteiger charge is -2.04. The molecule has 1 aromatic carbocycles. The van der Waals surface area contributed by atoms with Crippen LogP contribution in [0.2, 0.25) is 0 Å². The lowest BCUT2D eigenvalue weighted by Crippen LogP contribution is -2.04. The van der Waals surface area contributed by atoms with Crippen molar-refractivity contribution < 1.29 is 9.31 Å². The Kier molecular flexibility index (Phi) is 3.18. The van der Waals surface area contributed by atoms with Crippen LogP contribution in [0, 0.1) is 15.9 Å². The second-order valence-corrected chi connectivity index (χ2v) is 3.61. The minimum Gasteiger partial charge on any atom is -0.375 e. The molecule has 0 saturated heterocycles. The van der Waals surface area contributed by atoms with E-state index >= 15 is 0 Å². The van der Waals surface area contributed by atoms with Crippen LogP contribution in [0.25, 0.3) is 0 Å². The fourth-order valence-electron chi connectivity index (χ4n) is 1.40. The number of nitrogens with one attached hydrogen (secondary N) is 1. The molecular weight excluding hydrogens is 241 g/mol. The first kappa shape index (κ1) is 12.0. The average Bonchev–Trinajstić information content (AvgIpc) is 2.73. The third kappa shape index (κ3) is 2.59. The Balaban J connectivity index is 2.08. The van der Waals surface area contributed by atoms with Gasteiger partial charge in [0.1, 0.15) is 6.33 Å². The number of aromatic nitrogens is 3. The highest BCUT2D eigenvalue weighted by molar-refractivity contribution is 5.50. The molecule has 0 unspecified atom stereocenters. The van der Waals surface area contributed by atoms with Gasteiger partial charge in [-0.05, 0) is 6.07 Å². The van der Waals surface area contributed by atoms with Gasteiger partial charge in [-0.2, -0.15) is 5.10 Å². The summed E-state index contributed by atoms with van der Waals surface area (Å²) in [5.41, 5.74) is -0.109. The number of halogens is 1. The smallest absolute Gasteiger partial charge is 0.272 e. The molecular formula is C10H10FN5O2. The van der Waals surface area contributed by atoms with Crippen molar-refractivity contribution in [1.29, 1.82) is 0 Å². The molecule has 2 rings (SSSR count). The molecule has 7 nitrogen and oxygen atoms in total. The maximum atomic E-state index is 13.5. The number of benzene rings is 1. The van der Waals surface area contributed by atoms with E-state index in [1.165, 1.54) is 23.1 Å². The largest absolute Gasteiger partial charge is 0.375 e. The van der Waals surface area contributed by atoms with Gasteiger partial charge in [0.05, 0.1) is 23.2 Å². The summed E-state index contributed by atoms with van der Waals surface area (Å²) in [6.07, 6.45) is 1.53. The number of hydrogen-bond acceptors (Lipinski definition) is 5. The van der Waals surface area contributed by atoms with Crippen molar-refractivity contribution in [2.75, 3.05) is 5.32 Å². The van der Waals surface area contributed by atoms with E-state index < -0.39 is 10.7 Å². The zero-order valence-corrected chi connectivity index (χ0v) is 9.50. The van der Waals surface area contributed by atoms with Gasteiger partial charge >= 0.3 is 0 Å². The molecule has 0 fully saturated rings. The van der Waals surface area contributed by atoms with Crippen molar-refractivity contribution in [2.45, 2.75) is 6.54 Å². The summed E-state index contributed by atoms with van der Waals surface area (Å²) in [7, 11) is 1.73. The molecule has 18 heavy (non-hydrogen) atoms. The predicted octanol–water partition coefficient (Wildman–Crippen LogP) is 1.47. The minimum atomic E-state index is -0.680. The molecule has 0 saturated carbocycles. The molecule has 0 amide bonds. The second-order valence-electron chi connectivity index (χ2n) is 3.61. The van der Waals surface area contributed by atoms with Crippen LogP contribution in [-0.4, -0.2) is 19.7 Å². The van der Waals surface area contributed by atoms with Crippen LogP contribution in [0.4, 0.5) is 15.8 Å². The van der Waals surface area contributed by atoms with E-state index in [4.69, 9.17) is 0 Å². The molecule has 0 aliphatic heterocycles. The SMILES string of the molecule is Cn1cnc(CNc2ccc([N+](=O)[O-])cc2F)n1. The van der Waals surface area contributed by atoms with Gasteiger partial charge in [-0.15, -0.1) is 0 Å². The predicted molar refractivity (Wildman–Crippen MR) is 61.4 cm³/mol. The minimum absolute atomic E-state index is 0.174. The highest BCUT2D eigenvalue weighted by Gasteiger charge is 2.10. The van der Waals surface area contributed by atoms with Gasteiger partial charge < -0.3 is 5.32 Å². The van der Waals surface area contributed by atoms with Crippen LogP contribution in [0.1, 0.15) is 5.82 Å². The van der Waals surface area contributed by atoms with E-state index in [1.54, 1.807) is 7.05 Å². The first-order valence-corrected chi connectivity index (χ1v) is 5.08. The lowest BCUT2D eigenvalue weighted by atomic mass is 10.2. The van der Waals surface area contributed by atoms with Gasteiger partial charge in [0.25, 0.3) is 5.69 Å². The van der Waals surface area contributed by atoms with Crippen molar-refractivity contribution in [3.63, 3.8) is 0 Å². The van der Waals surface area contributed by atoms with E-state index in [0.29, 0.717) is 5.82 Å². The van der Waals surface area contributed by atoms with Crippen molar-refractivity contribution in [3.05, 3.63) is 46.3 Å². The molecule has 8 heteroatoms. The fraction of sp³-hybridized carbons (Fsp3) is 0.200. The molecule has 0 aliphatic rings. The lowest BCUT2D eigenvalue weighted by molar-refractivity contribution is -0.385. The summed E-state index contributed by atoms with van der Waals surface area (Å²) >= 11 is 0. The molecule has 94 valence electrons. The van der Waals surface area contributed by atoms with Gasteiger partial charge in [-0.3, -0.25) is 14.8 Å². The standard InChI is InChI=1S/C10H10FN5O2/c1-15-6-13-10(14-15)5-12-9-3-2-7(16(17)18)4-8(9)11/h2-4,6,12H,5H2,1H3. The molecule has 0 bridgehead atoms. The van der Waals surface area contributed by atoms with E-state index in [2.05, 4.69) is 15.4 Å². The van der Waals surface area contributed by atoms with Crippen molar-refractivity contribution >= 4 is 11.4 Å². The Morgan fingerprint density at radius 2 is 2.33 bits per heavy atom.